The molecule has 6 nitrogen and oxygen atoms in total. The molecule has 1 heterocycles. The Hall–Kier alpha value is -1.86. The average molecular weight is 403 g/mol. The van der Waals surface area contributed by atoms with E-state index in [1.807, 2.05) is 53.8 Å². The van der Waals surface area contributed by atoms with Gasteiger partial charge in [-0.25, -0.2) is 0 Å². The molecule has 2 aromatic rings. The van der Waals surface area contributed by atoms with Crippen LogP contribution in [0.5, 0.6) is 0 Å². The molecule has 1 atom stereocenters. The lowest BCUT2D eigenvalue weighted by molar-refractivity contribution is -0.131. The van der Waals surface area contributed by atoms with E-state index in [-0.39, 0.29) is 11.2 Å². The van der Waals surface area contributed by atoms with Crippen LogP contribution >= 0.6 is 11.8 Å². The molecule has 1 aliphatic carbocycles. The summed E-state index contributed by atoms with van der Waals surface area (Å²) in [6.07, 6.45) is 5.95. The van der Waals surface area contributed by atoms with Crippen LogP contribution in [0.3, 0.4) is 0 Å². The van der Waals surface area contributed by atoms with Gasteiger partial charge in [-0.15, -0.1) is 10.2 Å². The van der Waals surface area contributed by atoms with Crippen molar-refractivity contribution in [2.24, 2.45) is 0 Å². The number of amides is 1. The molecule has 1 unspecified atom stereocenters. The van der Waals surface area contributed by atoms with Crippen molar-refractivity contribution in [2.45, 2.75) is 62.0 Å². The summed E-state index contributed by atoms with van der Waals surface area (Å²) in [5.41, 5.74) is 1.01. The fourth-order valence-corrected chi connectivity index (χ4v) is 4.68. The van der Waals surface area contributed by atoms with E-state index in [1.54, 1.807) is 7.11 Å². The molecular weight excluding hydrogens is 372 g/mol. The summed E-state index contributed by atoms with van der Waals surface area (Å²) in [5.74, 6) is 0.972. The van der Waals surface area contributed by atoms with Gasteiger partial charge in [0.1, 0.15) is 0 Å². The summed E-state index contributed by atoms with van der Waals surface area (Å²) >= 11 is 1.48. The van der Waals surface area contributed by atoms with Gasteiger partial charge in [-0.3, -0.25) is 9.36 Å². The van der Waals surface area contributed by atoms with Crippen molar-refractivity contribution in [1.82, 2.24) is 19.7 Å². The van der Waals surface area contributed by atoms with Gasteiger partial charge in [0.05, 0.1) is 18.4 Å². The molecule has 0 spiro atoms. The highest BCUT2D eigenvalue weighted by molar-refractivity contribution is 8.00. The van der Waals surface area contributed by atoms with Gasteiger partial charge in [0.15, 0.2) is 11.0 Å². The third-order valence-electron chi connectivity index (χ3n) is 5.37. The van der Waals surface area contributed by atoms with E-state index in [2.05, 4.69) is 10.2 Å². The van der Waals surface area contributed by atoms with Gasteiger partial charge in [-0.1, -0.05) is 61.4 Å². The minimum atomic E-state index is -0.207. The van der Waals surface area contributed by atoms with Crippen molar-refractivity contribution in [3.63, 3.8) is 0 Å². The molecule has 1 aromatic carbocycles. The molecule has 0 N–H and O–H groups in total. The molecule has 1 aromatic heterocycles. The van der Waals surface area contributed by atoms with Crippen LogP contribution in [0.25, 0.3) is 11.4 Å². The Balaban J connectivity index is 1.75. The third kappa shape index (κ3) is 4.94. The molecule has 28 heavy (non-hydrogen) atoms. The predicted molar refractivity (Wildman–Crippen MR) is 112 cm³/mol. The highest BCUT2D eigenvalue weighted by Crippen LogP contribution is 2.29. The maximum atomic E-state index is 13.0. The van der Waals surface area contributed by atoms with Gasteiger partial charge in [-0.2, -0.15) is 0 Å². The zero-order valence-electron chi connectivity index (χ0n) is 17.0. The first kappa shape index (κ1) is 20.9. The largest absolute Gasteiger partial charge is 0.383 e. The maximum absolute atomic E-state index is 13.0. The minimum absolute atomic E-state index is 0.166. The van der Waals surface area contributed by atoms with Crippen molar-refractivity contribution in [3.05, 3.63) is 30.3 Å². The number of methoxy groups -OCH3 is 1. The minimum Gasteiger partial charge on any atom is -0.383 e. The van der Waals surface area contributed by atoms with Crippen LogP contribution in [0, 0.1) is 0 Å². The lowest BCUT2D eigenvalue weighted by Gasteiger charge is -2.32. The number of nitrogens with zero attached hydrogens (tertiary/aromatic N) is 4. The van der Waals surface area contributed by atoms with Gasteiger partial charge in [0.2, 0.25) is 5.91 Å². The first-order valence-corrected chi connectivity index (χ1v) is 10.9. The zero-order valence-corrected chi connectivity index (χ0v) is 17.8. The fourth-order valence-electron chi connectivity index (χ4n) is 3.70. The van der Waals surface area contributed by atoms with Gasteiger partial charge >= 0.3 is 0 Å². The predicted octanol–water partition coefficient (Wildman–Crippen LogP) is 3.86. The number of hydrogen-bond acceptors (Lipinski definition) is 5. The van der Waals surface area contributed by atoms with Crippen molar-refractivity contribution >= 4 is 17.7 Å². The topological polar surface area (TPSA) is 60.2 Å². The number of carbonyl (C=O) groups excluding carboxylic acids is 1. The second kappa shape index (κ2) is 10.1. The smallest absolute Gasteiger partial charge is 0.235 e. The molecule has 7 heteroatoms. The highest BCUT2D eigenvalue weighted by Gasteiger charge is 2.27. The number of benzene rings is 1. The first-order valence-electron chi connectivity index (χ1n) is 10.0. The molecule has 3 rings (SSSR count). The van der Waals surface area contributed by atoms with E-state index < -0.39 is 0 Å². The van der Waals surface area contributed by atoms with Crippen LogP contribution in [-0.4, -0.2) is 57.6 Å². The quantitative estimate of drug-likeness (QED) is 0.628. The summed E-state index contributed by atoms with van der Waals surface area (Å²) in [6.45, 7) is 3.18. The van der Waals surface area contributed by atoms with Gasteiger partial charge < -0.3 is 9.64 Å². The molecule has 1 amide bonds. The standard InChI is InChI=1S/C21H30N4O2S/c1-16(20(26)24(2)18-12-8-5-9-13-18)28-21-23-22-19(25(21)14-15-27-3)17-10-6-4-7-11-17/h4,6-7,10-11,16,18H,5,8-9,12-15H2,1-3H3. The Morgan fingerprint density at radius 1 is 1.25 bits per heavy atom. The Labute approximate surface area is 171 Å². The molecular formula is C21H30N4O2S. The molecule has 0 bridgehead atoms. The number of rotatable bonds is 8. The second-order valence-corrected chi connectivity index (χ2v) is 8.63. The Morgan fingerprint density at radius 2 is 1.96 bits per heavy atom. The maximum Gasteiger partial charge on any atom is 0.235 e. The molecule has 0 saturated heterocycles. The third-order valence-corrected chi connectivity index (χ3v) is 6.44. The van der Waals surface area contributed by atoms with Crippen LogP contribution in [-0.2, 0) is 16.1 Å². The number of ether oxygens (including phenoxy) is 1. The van der Waals surface area contributed by atoms with E-state index in [9.17, 15) is 4.79 Å². The number of carbonyl (C=O) groups is 1. The van der Waals surface area contributed by atoms with Crippen LogP contribution in [0.4, 0.5) is 0 Å². The normalized spacial score (nSPS) is 16.1. The molecule has 1 fully saturated rings. The summed E-state index contributed by atoms with van der Waals surface area (Å²) in [5, 5.41) is 9.34. The molecule has 1 aliphatic rings. The zero-order chi connectivity index (χ0) is 19.9. The fraction of sp³-hybridized carbons (Fsp3) is 0.571. The summed E-state index contributed by atoms with van der Waals surface area (Å²) in [4.78, 5) is 14.9. The summed E-state index contributed by atoms with van der Waals surface area (Å²) in [6, 6.07) is 10.4. The summed E-state index contributed by atoms with van der Waals surface area (Å²) in [7, 11) is 3.63. The van der Waals surface area contributed by atoms with E-state index in [0.717, 1.165) is 29.4 Å². The van der Waals surface area contributed by atoms with Crippen LogP contribution in [0.15, 0.2) is 35.5 Å². The number of hydrogen-bond donors (Lipinski definition) is 0. The molecule has 0 aliphatic heterocycles. The SMILES string of the molecule is COCCn1c(SC(C)C(=O)N(C)C2CCCCC2)nnc1-c1ccccc1. The van der Waals surface area contributed by atoms with Gasteiger partial charge in [0, 0.05) is 25.8 Å². The average Bonchev–Trinajstić information content (AvgIpc) is 3.14. The second-order valence-electron chi connectivity index (χ2n) is 7.32. The van der Waals surface area contributed by atoms with Crippen LogP contribution in [0.2, 0.25) is 0 Å². The lowest BCUT2D eigenvalue weighted by atomic mass is 9.94. The van der Waals surface area contributed by atoms with Crippen molar-refractivity contribution in [2.75, 3.05) is 20.8 Å². The lowest BCUT2D eigenvalue weighted by Crippen LogP contribution is -2.42. The monoisotopic (exact) mass is 402 g/mol. The highest BCUT2D eigenvalue weighted by atomic mass is 32.2. The van der Waals surface area contributed by atoms with E-state index in [4.69, 9.17) is 4.74 Å². The van der Waals surface area contributed by atoms with Gasteiger partial charge in [0.25, 0.3) is 0 Å². The van der Waals surface area contributed by atoms with Crippen LogP contribution in [0.1, 0.15) is 39.0 Å². The number of aromatic nitrogens is 3. The van der Waals surface area contributed by atoms with E-state index in [0.29, 0.717) is 19.2 Å². The van der Waals surface area contributed by atoms with E-state index in [1.165, 1.54) is 31.0 Å². The van der Waals surface area contributed by atoms with Crippen molar-refractivity contribution in [3.8, 4) is 11.4 Å². The molecule has 0 radical (unpaired) electrons. The molecule has 152 valence electrons. The molecule has 1 saturated carbocycles. The van der Waals surface area contributed by atoms with Crippen molar-refractivity contribution in [1.29, 1.82) is 0 Å². The Bertz CT molecular complexity index is 759. The number of thioether (sulfide) groups is 1. The first-order chi connectivity index (χ1) is 13.6. The van der Waals surface area contributed by atoms with Gasteiger partial charge in [-0.05, 0) is 19.8 Å². The Kier molecular flexibility index (Phi) is 7.50. The van der Waals surface area contributed by atoms with E-state index >= 15 is 0 Å². The van der Waals surface area contributed by atoms with Crippen molar-refractivity contribution < 1.29 is 9.53 Å². The van der Waals surface area contributed by atoms with Crippen LogP contribution < -0.4 is 0 Å². The Morgan fingerprint density at radius 3 is 2.64 bits per heavy atom. The summed E-state index contributed by atoms with van der Waals surface area (Å²) < 4.78 is 7.32.